The van der Waals surface area contributed by atoms with Crippen LogP contribution < -0.4 is 10.1 Å². The number of benzene rings is 1. The number of ether oxygens (including phenoxy) is 1. The van der Waals surface area contributed by atoms with E-state index in [1.165, 1.54) is 0 Å². The van der Waals surface area contributed by atoms with Crippen molar-refractivity contribution in [2.75, 3.05) is 6.61 Å². The first kappa shape index (κ1) is 17.3. The Kier molecular flexibility index (Phi) is 5.64. The summed E-state index contributed by atoms with van der Waals surface area (Å²) < 4.78 is 5.66. The highest BCUT2D eigenvalue weighted by Gasteiger charge is 2.45. The molecule has 0 unspecified atom stereocenters. The zero-order chi connectivity index (χ0) is 16.9. The van der Waals surface area contributed by atoms with Crippen LogP contribution in [-0.2, 0) is 16.1 Å². The van der Waals surface area contributed by atoms with E-state index in [0.29, 0.717) is 31.9 Å². The Labute approximate surface area is 137 Å². The minimum Gasteiger partial charge on any atom is -0.493 e. The maximum absolute atomic E-state index is 12.0. The van der Waals surface area contributed by atoms with Gasteiger partial charge in [-0.05, 0) is 36.5 Å². The van der Waals surface area contributed by atoms with Gasteiger partial charge < -0.3 is 15.2 Å². The Bertz CT molecular complexity index is 564. The van der Waals surface area contributed by atoms with Gasteiger partial charge in [-0.2, -0.15) is 0 Å². The summed E-state index contributed by atoms with van der Waals surface area (Å²) >= 11 is 0. The number of carboxylic acid groups (broad SMARTS) is 1. The third kappa shape index (κ3) is 4.71. The van der Waals surface area contributed by atoms with Crippen molar-refractivity contribution in [3.05, 3.63) is 29.8 Å². The van der Waals surface area contributed by atoms with Crippen molar-refractivity contribution in [3.8, 4) is 5.75 Å². The van der Waals surface area contributed by atoms with Gasteiger partial charge in [-0.1, -0.05) is 32.4 Å². The molecule has 5 heteroatoms. The van der Waals surface area contributed by atoms with Crippen LogP contribution in [0.5, 0.6) is 5.75 Å². The summed E-state index contributed by atoms with van der Waals surface area (Å²) in [7, 11) is 0. The van der Waals surface area contributed by atoms with E-state index in [1.54, 1.807) is 0 Å². The Morgan fingerprint density at radius 3 is 2.65 bits per heavy atom. The molecule has 1 amide bonds. The molecule has 0 radical (unpaired) electrons. The van der Waals surface area contributed by atoms with Crippen LogP contribution in [0.1, 0.15) is 45.1 Å². The molecular weight excluding hydrogens is 294 g/mol. The SMILES string of the molecule is CC(C)COc1cccc(CNC(=O)CC2(C(=O)O)CCC2)c1. The van der Waals surface area contributed by atoms with E-state index >= 15 is 0 Å². The van der Waals surface area contributed by atoms with Gasteiger partial charge in [0.25, 0.3) is 0 Å². The summed E-state index contributed by atoms with van der Waals surface area (Å²) in [6.07, 6.45) is 2.13. The highest BCUT2D eigenvalue weighted by Crippen LogP contribution is 2.44. The van der Waals surface area contributed by atoms with Gasteiger partial charge in [-0.25, -0.2) is 0 Å². The van der Waals surface area contributed by atoms with Crippen molar-refractivity contribution in [2.45, 2.75) is 46.1 Å². The molecule has 2 rings (SSSR count). The molecule has 23 heavy (non-hydrogen) atoms. The summed E-state index contributed by atoms with van der Waals surface area (Å²) in [5.74, 6) is 0.170. The second kappa shape index (κ2) is 7.49. The molecule has 1 aromatic carbocycles. The van der Waals surface area contributed by atoms with Gasteiger partial charge in [-0.15, -0.1) is 0 Å². The van der Waals surface area contributed by atoms with Gasteiger partial charge >= 0.3 is 5.97 Å². The van der Waals surface area contributed by atoms with Gasteiger partial charge in [0.15, 0.2) is 0 Å². The van der Waals surface area contributed by atoms with E-state index in [1.807, 2.05) is 24.3 Å². The number of nitrogens with one attached hydrogen (secondary N) is 1. The van der Waals surface area contributed by atoms with E-state index in [-0.39, 0.29) is 12.3 Å². The van der Waals surface area contributed by atoms with Crippen molar-refractivity contribution in [3.63, 3.8) is 0 Å². The van der Waals surface area contributed by atoms with E-state index < -0.39 is 11.4 Å². The first-order valence-electron chi connectivity index (χ1n) is 8.13. The monoisotopic (exact) mass is 319 g/mol. The molecule has 5 nitrogen and oxygen atoms in total. The molecule has 1 aliphatic rings. The number of carbonyl (C=O) groups excluding carboxylic acids is 1. The lowest BCUT2D eigenvalue weighted by atomic mass is 9.66. The summed E-state index contributed by atoms with van der Waals surface area (Å²) in [4.78, 5) is 23.3. The standard InChI is InChI=1S/C18H25NO4/c1-13(2)12-23-15-6-3-5-14(9-15)11-19-16(20)10-18(17(21)22)7-4-8-18/h3,5-6,9,13H,4,7-8,10-12H2,1-2H3,(H,19,20)(H,21,22). The van der Waals surface area contributed by atoms with Crippen LogP contribution in [0.3, 0.4) is 0 Å². The topological polar surface area (TPSA) is 75.6 Å². The average molecular weight is 319 g/mol. The quantitative estimate of drug-likeness (QED) is 0.772. The van der Waals surface area contributed by atoms with E-state index in [9.17, 15) is 14.7 Å². The molecule has 126 valence electrons. The smallest absolute Gasteiger partial charge is 0.310 e. The second-order valence-corrected chi connectivity index (χ2v) is 6.74. The number of amides is 1. The summed E-state index contributed by atoms with van der Waals surface area (Å²) in [6, 6.07) is 7.60. The molecule has 0 saturated heterocycles. The minimum absolute atomic E-state index is 0.0614. The lowest BCUT2D eigenvalue weighted by molar-refractivity contribution is -0.157. The molecule has 0 aromatic heterocycles. The first-order chi connectivity index (χ1) is 10.9. The lowest BCUT2D eigenvalue weighted by Gasteiger charge is -2.36. The minimum atomic E-state index is -0.858. The number of hydrogen-bond donors (Lipinski definition) is 2. The zero-order valence-electron chi connectivity index (χ0n) is 13.8. The maximum atomic E-state index is 12.0. The van der Waals surface area contributed by atoms with Crippen LogP contribution in [0.2, 0.25) is 0 Å². The van der Waals surface area contributed by atoms with E-state index in [0.717, 1.165) is 17.7 Å². The van der Waals surface area contributed by atoms with Gasteiger partial charge in [0.05, 0.1) is 12.0 Å². The molecule has 1 saturated carbocycles. The molecular formula is C18H25NO4. The van der Waals surface area contributed by atoms with Crippen LogP contribution in [0.25, 0.3) is 0 Å². The van der Waals surface area contributed by atoms with Crippen LogP contribution in [0.15, 0.2) is 24.3 Å². The fourth-order valence-corrected chi connectivity index (χ4v) is 2.65. The van der Waals surface area contributed by atoms with E-state index in [2.05, 4.69) is 19.2 Å². The van der Waals surface area contributed by atoms with Crippen LogP contribution >= 0.6 is 0 Å². The Morgan fingerprint density at radius 1 is 1.35 bits per heavy atom. The molecule has 0 heterocycles. The summed E-state index contributed by atoms with van der Waals surface area (Å²) in [6.45, 7) is 5.20. The van der Waals surface area contributed by atoms with Crippen molar-refractivity contribution < 1.29 is 19.4 Å². The van der Waals surface area contributed by atoms with Gasteiger partial charge in [0.2, 0.25) is 5.91 Å². The van der Waals surface area contributed by atoms with Gasteiger partial charge in [-0.3, -0.25) is 9.59 Å². The number of carboxylic acids is 1. The second-order valence-electron chi connectivity index (χ2n) is 6.74. The zero-order valence-corrected chi connectivity index (χ0v) is 13.8. The molecule has 0 aliphatic heterocycles. The molecule has 0 spiro atoms. The third-order valence-electron chi connectivity index (χ3n) is 4.23. The van der Waals surface area contributed by atoms with Crippen molar-refractivity contribution in [1.82, 2.24) is 5.32 Å². The number of carbonyl (C=O) groups is 2. The Morgan fingerprint density at radius 2 is 2.09 bits per heavy atom. The van der Waals surface area contributed by atoms with Gasteiger partial charge in [0.1, 0.15) is 5.75 Å². The van der Waals surface area contributed by atoms with Crippen molar-refractivity contribution in [2.24, 2.45) is 11.3 Å². The predicted octanol–water partition coefficient (Wildman–Crippen LogP) is 2.98. The lowest BCUT2D eigenvalue weighted by Crippen LogP contribution is -2.42. The van der Waals surface area contributed by atoms with Crippen molar-refractivity contribution in [1.29, 1.82) is 0 Å². The largest absolute Gasteiger partial charge is 0.493 e. The summed E-state index contributed by atoms with van der Waals surface area (Å²) in [5.41, 5.74) is 0.101. The molecule has 1 aliphatic carbocycles. The first-order valence-corrected chi connectivity index (χ1v) is 8.13. The Balaban J connectivity index is 1.84. The third-order valence-corrected chi connectivity index (χ3v) is 4.23. The van der Waals surface area contributed by atoms with Crippen molar-refractivity contribution >= 4 is 11.9 Å². The molecule has 0 atom stereocenters. The number of aliphatic carboxylic acids is 1. The highest BCUT2D eigenvalue weighted by atomic mass is 16.5. The highest BCUT2D eigenvalue weighted by molar-refractivity contribution is 5.85. The number of hydrogen-bond acceptors (Lipinski definition) is 3. The maximum Gasteiger partial charge on any atom is 0.310 e. The van der Waals surface area contributed by atoms with Crippen LogP contribution in [0.4, 0.5) is 0 Å². The fourth-order valence-electron chi connectivity index (χ4n) is 2.65. The Hall–Kier alpha value is -2.04. The molecule has 1 aromatic rings. The normalized spacial score (nSPS) is 15.8. The molecule has 1 fully saturated rings. The van der Waals surface area contributed by atoms with Crippen LogP contribution in [-0.4, -0.2) is 23.6 Å². The van der Waals surface area contributed by atoms with Crippen LogP contribution in [0, 0.1) is 11.3 Å². The molecule has 0 bridgehead atoms. The van der Waals surface area contributed by atoms with E-state index in [4.69, 9.17) is 4.74 Å². The predicted molar refractivity (Wildman–Crippen MR) is 87.2 cm³/mol. The number of rotatable bonds is 8. The molecule has 2 N–H and O–H groups in total. The average Bonchev–Trinajstić information content (AvgIpc) is 2.47. The van der Waals surface area contributed by atoms with Gasteiger partial charge in [0, 0.05) is 13.0 Å². The summed E-state index contributed by atoms with van der Waals surface area (Å²) in [5, 5.41) is 12.1. The fraction of sp³-hybridized carbons (Fsp3) is 0.556.